The van der Waals surface area contributed by atoms with Crippen LogP contribution in [0.5, 0.6) is 5.88 Å². The summed E-state index contributed by atoms with van der Waals surface area (Å²) in [5.41, 5.74) is 6.37. The van der Waals surface area contributed by atoms with E-state index in [-0.39, 0.29) is 0 Å². The summed E-state index contributed by atoms with van der Waals surface area (Å²) in [7, 11) is 3.50. The van der Waals surface area contributed by atoms with Gasteiger partial charge in [0.2, 0.25) is 5.88 Å². The molecule has 1 heterocycles. The fourth-order valence-electron chi connectivity index (χ4n) is 1.47. The molecule has 15 heavy (non-hydrogen) atoms. The van der Waals surface area contributed by atoms with Gasteiger partial charge < -0.3 is 15.4 Å². The van der Waals surface area contributed by atoms with E-state index in [4.69, 9.17) is 10.5 Å². The van der Waals surface area contributed by atoms with Crippen molar-refractivity contribution < 1.29 is 4.74 Å². The summed E-state index contributed by atoms with van der Waals surface area (Å²) in [5, 5.41) is 0. The molecule has 1 rings (SSSR count). The lowest BCUT2D eigenvalue weighted by Crippen LogP contribution is -2.24. The summed E-state index contributed by atoms with van der Waals surface area (Å²) >= 11 is 0. The molecule has 0 spiro atoms. The number of hydrogen-bond donors (Lipinski definition) is 1. The molecule has 1 aromatic heterocycles. The highest BCUT2D eigenvalue weighted by Crippen LogP contribution is 2.26. The summed E-state index contributed by atoms with van der Waals surface area (Å²) < 4.78 is 5.04. The number of hydrogen-bond acceptors (Lipinski definition) is 5. The highest BCUT2D eigenvalue weighted by molar-refractivity contribution is 5.67. The molecule has 84 valence electrons. The molecule has 0 aliphatic carbocycles. The van der Waals surface area contributed by atoms with Gasteiger partial charge in [0.25, 0.3) is 0 Å². The first kappa shape index (κ1) is 11.6. The molecule has 0 saturated heterocycles. The maximum absolute atomic E-state index is 5.88. The third-order valence-corrected chi connectivity index (χ3v) is 2.02. The Kier molecular flexibility index (Phi) is 3.71. The van der Waals surface area contributed by atoms with Crippen LogP contribution in [0.1, 0.15) is 13.8 Å². The lowest BCUT2D eigenvalue weighted by molar-refractivity contribution is 0.399. The Morgan fingerprint density at radius 3 is 2.67 bits per heavy atom. The van der Waals surface area contributed by atoms with Crippen molar-refractivity contribution in [1.82, 2.24) is 9.97 Å². The van der Waals surface area contributed by atoms with E-state index in [1.54, 1.807) is 7.11 Å². The minimum Gasteiger partial charge on any atom is -0.479 e. The first-order valence-electron chi connectivity index (χ1n) is 4.91. The topological polar surface area (TPSA) is 64.3 Å². The minimum absolute atomic E-state index is 0.426. The molecule has 0 fully saturated rings. The van der Waals surface area contributed by atoms with Crippen LogP contribution in [-0.4, -0.2) is 30.7 Å². The van der Waals surface area contributed by atoms with Crippen molar-refractivity contribution in [2.45, 2.75) is 13.8 Å². The van der Waals surface area contributed by atoms with Crippen molar-refractivity contribution in [3.63, 3.8) is 0 Å². The summed E-state index contributed by atoms with van der Waals surface area (Å²) in [6.45, 7) is 5.18. The molecule has 0 atom stereocenters. The molecular formula is C10H18N4O. The van der Waals surface area contributed by atoms with Crippen molar-refractivity contribution in [3.8, 4) is 5.88 Å². The normalized spacial score (nSPS) is 10.5. The van der Waals surface area contributed by atoms with Crippen LogP contribution in [0.25, 0.3) is 0 Å². The third-order valence-electron chi connectivity index (χ3n) is 2.02. The predicted molar refractivity (Wildman–Crippen MR) is 61.1 cm³/mol. The van der Waals surface area contributed by atoms with Crippen LogP contribution < -0.4 is 15.4 Å². The Morgan fingerprint density at radius 2 is 2.13 bits per heavy atom. The van der Waals surface area contributed by atoms with Gasteiger partial charge in [-0.2, -0.15) is 4.98 Å². The minimum atomic E-state index is 0.426. The third kappa shape index (κ3) is 2.71. The highest BCUT2D eigenvalue weighted by Gasteiger charge is 2.12. The monoisotopic (exact) mass is 210 g/mol. The average Bonchev–Trinajstić information content (AvgIpc) is 2.17. The van der Waals surface area contributed by atoms with E-state index in [0.29, 0.717) is 17.5 Å². The zero-order chi connectivity index (χ0) is 11.4. The molecule has 1 aromatic rings. The first-order valence-corrected chi connectivity index (χ1v) is 4.91. The molecule has 0 aliphatic heterocycles. The van der Waals surface area contributed by atoms with Gasteiger partial charge in [0, 0.05) is 13.6 Å². The SMILES string of the molecule is COc1ncnc(N(C)CC(C)C)c1N. The molecule has 0 amide bonds. The largest absolute Gasteiger partial charge is 0.479 e. The van der Waals surface area contributed by atoms with Gasteiger partial charge in [0.15, 0.2) is 5.82 Å². The Hall–Kier alpha value is -1.52. The van der Waals surface area contributed by atoms with Crippen LogP contribution in [-0.2, 0) is 0 Å². The van der Waals surface area contributed by atoms with Crippen LogP contribution in [0.2, 0.25) is 0 Å². The number of ether oxygens (including phenoxy) is 1. The smallest absolute Gasteiger partial charge is 0.242 e. The van der Waals surface area contributed by atoms with Gasteiger partial charge in [-0.15, -0.1) is 0 Å². The average molecular weight is 210 g/mol. The second-order valence-corrected chi connectivity index (χ2v) is 3.89. The van der Waals surface area contributed by atoms with Crippen molar-refractivity contribution in [1.29, 1.82) is 0 Å². The Balaban J connectivity index is 2.93. The number of aromatic nitrogens is 2. The van der Waals surface area contributed by atoms with Gasteiger partial charge in [-0.1, -0.05) is 13.8 Å². The Bertz CT molecular complexity index is 327. The van der Waals surface area contributed by atoms with Crippen LogP contribution in [0, 0.1) is 5.92 Å². The molecular weight excluding hydrogens is 192 g/mol. The number of nitrogen functional groups attached to an aromatic ring is 1. The van der Waals surface area contributed by atoms with Crippen molar-refractivity contribution in [2.24, 2.45) is 5.92 Å². The maximum Gasteiger partial charge on any atom is 0.242 e. The van der Waals surface area contributed by atoms with Crippen LogP contribution in [0.3, 0.4) is 0 Å². The lowest BCUT2D eigenvalue weighted by atomic mass is 10.2. The number of anilines is 2. The zero-order valence-corrected chi connectivity index (χ0v) is 9.69. The zero-order valence-electron chi connectivity index (χ0n) is 9.69. The van der Waals surface area contributed by atoms with Crippen LogP contribution in [0.4, 0.5) is 11.5 Å². The molecule has 5 heteroatoms. The molecule has 0 saturated carbocycles. The van der Waals surface area contributed by atoms with Crippen molar-refractivity contribution >= 4 is 11.5 Å². The fraction of sp³-hybridized carbons (Fsp3) is 0.600. The quantitative estimate of drug-likeness (QED) is 0.807. The molecule has 2 N–H and O–H groups in total. The number of nitrogens with zero attached hydrogens (tertiary/aromatic N) is 3. The highest BCUT2D eigenvalue weighted by atomic mass is 16.5. The van der Waals surface area contributed by atoms with Gasteiger partial charge in [-0.3, -0.25) is 0 Å². The van der Waals surface area contributed by atoms with Gasteiger partial charge in [0.05, 0.1) is 7.11 Å². The standard InChI is InChI=1S/C10H18N4O/c1-7(2)5-14(3)9-8(11)10(15-4)13-6-12-9/h6-7H,5,11H2,1-4H3. The summed E-state index contributed by atoms with van der Waals surface area (Å²) in [6.07, 6.45) is 1.46. The van der Waals surface area contributed by atoms with E-state index >= 15 is 0 Å². The van der Waals surface area contributed by atoms with Gasteiger partial charge in [-0.25, -0.2) is 4.98 Å². The van der Waals surface area contributed by atoms with E-state index in [0.717, 1.165) is 12.4 Å². The van der Waals surface area contributed by atoms with E-state index in [1.807, 2.05) is 11.9 Å². The second-order valence-electron chi connectivity index (χ2n) is 3.89. The lowest BCUT2D eigenvalue weighted by Gasteiger charge is -2.21. The summed E-state index contributed by atoms with van der Waals surface area (Å²) in [6, 6.07) is 0. The van der Waals surface area contributed by atoms with E-state index in [2.05, 4.69) is 23.8 Å². The molecule has 0 bridgehead atoms. The number of nitrogens with two attached hydrogens (primary N) is 1. The summed E-state index contributed by atoms with van der Waals surface area (Å²) in [4.78, 5) is 10.1. The fourth-order valence-corrected chi connectivity index (χ4v) is 1.47. The number of rotatable bonds is 4. The van der Waals surface area contributed by atoms with E-state index in [1.165, 1.54) is 6.33 Å². The second kappa shape index (κ2) is 4.82. The Morgan fingerprint density at radius 1 is 1.47 bits per heavy atom. The summed E-state index contributed by atoms with van der Waals surface area (Å²) in [5.74, 6) is 1.70. The van der Waals surface area contributed by atoms with Crippen molar-refractivity contribution in [3.05, 3.63) is 6.33 Å². The molecule has 0 radical (unpaired) electrons. The molecule has 0 unspecified atom stereocenters. The maximum atomic E-state index is 5.88. The predicted octanol–water partition coefficient (Wildman–Crippen LogP) is 1.16. The number of methoxy groups -OCH3 is 1. The van der Waals surface area contributed by atoms with Crippen LogP contribution >= 0.6 is 0 Å². The molecule has 0 aliphatic rings. The molecule has 0 aromatic carbocycles. The van der Waals surface area contributed by atoms with Gasteiger partial charge >= 0.3 is 0 Å². The molecule has 5 nitrogen and oxygen atoms in total. The first-order chi connectivity index (χ1) is 7.06. The van der Waals surface area contributed by atoms with Crippen molar-refractivity contribution in [2.75, 3.05) is 31.3 Å². The van der Waals surface area contributed by atoms with E-state index in [9.17, 15) is 0 Å². The Labute approximate surface area is 90.3 Å². The van der Waals surface area contributed by atoms with Crippen LogP contribution in [0.15, 0.2) is 6.33 Å². The van der Waals surface area contributed by atoms with Gasteiger partial charge in [0.1, 0.15) is 12.0 Å². The van der Waals surface area contributed by atoms with E-state index < -0.39 is 0 Å². The van der Waals surface area contributed by atoms with Gasteiger partial charge in [-0.05, 0) is 5.92 Å².